The van der Waals surface area contributed by atoms with Gasteiger partial charge in [-0.15, -0.1) is 11.3 Å². The number of halogens is 1. The van der Waals surface area contributed by atoms with Crippen molar-refractivity contribution in [3.05, 3.63) is 73.3 Å². The Morgan fingerprint density at radius 2 is 2.22 bits per heavy atom. The maximum Gasteiger partial charge on any atom is 0.253 e. The Morgan fingerprint density at radius 3 is 2.87 bits per heavy atom. The first-order valence-corrected chi connectivity index (χ1v) is 9.39. The largest absolute Gasteiger partial charge is 0.378 e. The molecule has 7 heteroatoms. The van der Waals surface area contributed by atoms with Crippen molar-refractivity contribution in [1.29, 1.82) is 0 Å². The molecule has 0 spiro atoms. The van der Waals surface area contributed by atoms with E-state index in [1.165, 1.54) is 28.9 Å². The third-order valence-electron chi connectivity index (χ3n) is 3.40. The molecule has 23 heavy (non-hydrogen) atoms. The number of hydrogen-bond donors (Lipinski definition) is 2. The predicted molar refractivity (Wildman–Crippen MR) is 95.9 cm³/mol. The number of hydrogen-bond acceptors (Lipinski definition) is 5. The average molecular weight is 409 g/mol. The van der Waals surface area contributed by atoms with Gasteiger partial charge in [0.05, 0.1) is 12.1 Å². The summed E-state index contributed by atoms with van der Waals surface area (Å²) in [6.07, 6.45) is 3.11. The van der Waals surface area contributed by atoms with E-state index >= 15 is 0 Å². The van der Waals surface area contributed by atoms with E-state index < -0.39 is 5.60 Å². The van der Waals surface area contributed by atoms with E-state index in [4.69, 9.17) is 0 Å². The van der Waals surface area contributed by atoms with Gasteiger partial charge in [0.15, 0.2) is 0 Å². The molecule has 0 aliphatic rings. The molecule has 0 unspecified atom stereocenters. The Morgan fingerprint density at radius 1 is 1.35 bits per heavy atom. The lowest BCUT2D eigenvalue weighted by molar-refractivity contribution is 0.0720. The van der Waals surface area contributed by atoms with Gasteiger partial charge in [-0.2, -0.15) is 11.3 Å². The van der Waals surface area contributed by atoms with E-state index in [1.807, 2.05) is 34.3 Å². The van der Waals surface area contributed by atoms with Gasteiger partial charge in [-0.1, -0.05) is 6.07 Å². The smallest absolute Gasteiger partial charge is 0.253 e. The van der Waals surface area contributed by atoms with Gasteiger partial charge < -0.3 is 10.4 Å². The molecule has 118 valence electrons. The van der Waals surface area contributed by atoms with Crippen LogP contribution in [0.5, 0.6) is 0 Å². The minimum atomic E-state index is -1.23. The average Bonchev–Trinajstić information content (AvgIpc) is 3.25. The maximum atomic E-state index is 12.3. The van der Waals surface area contributed by atoms with Crippen molar-refractivity contribution in [3.8, 4) is 0 Å². The number of aromatic nitrogens is 1. The van der Waals surface area contributed by atoms with Crippen LogP contribution in [0.1, 0.15) is 20.8 Å². The van der Waals surface area contributed by atoms with Crippen molar-refractivity contribution in [3.63, 3.8) is 0 Å². The topological polar surface area (TPSA) is 62.2 Å². The molecule has 3 rings (SSSR count). The van der Waals surface area contributed by atoms with Crippen LogP contribution in [-0.2, 0) is 5.60 Å². The molecule has 0 bridgehead atoms. The lowest BCUT2D eigenvalue weighted by Crippen LogP contribution is -2.41. The van der Waals surface area contributed by atoms with Crippen LogP contribution >= 0.6 is 38.6 Å². The minimum absolute atomic E-state index is 0.0929. The monoisotopic (exact) mass is 408 g/mol. The number of aliphatic hydroxyl groups is 1. The number of carbonyl (C=O) groups is 1. The Balaban J connectivity index is 1.82. The van der Waals surface area contributed by atoms with Crippen molar-refractivity contribution in [2.45, 2.75) is 5.60 Å². The van der Waals surface area contributed by atoms with Gasteiger partial charge in [0.25, 0.3) is 5.91 Å². The molecule has 0 aromatic carbocycles. The Hall–Kier alpha value is -1.54. The number of nitrogens with zero attached hydrogens (tertiary/aromatic N) is 1. The van der Waals surface area contributed by atoms with E-state index in [2.05, 4.69) is 26.2 Å². The standard InChI is InChI=1S/C16H13BrN2O2S2/c17-13-6-11(7-18-8-13)15(20)19-10-16(21,12-3-5-22-9-12)14-2-1-4-23-14/h1-9,21H,10H2,(H,19,20)/t16-/m0/s1. The van der Waals surface area contributed by atoms with Crippen LogP contribution in [0.15, 0.2) is 57.3 Å². The molecule has 3 heterocycles. The quantitative estimate of drug-likeness (QED) is 0.677. The van der Waals surface area contributed by atoms with Gasteiger partial charge in [0.2, 0.25) is 0 Å². The SMILES string of the molecule is O=C(NC[C@](O)(c1ccsc1)c1cccs1)c1cncc(Br)c1. The fraction of sp³-hybridized carbons (Fsp3) is 0.125. The number of amides is 1. The van der Waals surface area contributed by atoms with Gasteiger partial charge >= 0.3 is 0 Å². The van der Waals surface area contributed by atoms with Crippen LogP contribution in [0.2, 0.25) is 0 Å². The fourth-order valence-electron chi connectivity index (χ4n) is 2.19. The van der Waals surface area contributed by atoms with Crippen LogP contribution in [0.4, 0.5) is 0 Å². The highest BCUT2D eigenvalue weighted by Gasteiger charge is 2.33. The van der Waals surface area contributed by atoms with Crippen LogP contribution in [0.25, 0.3) is 0 Å². The minimum Gasteiger partial charge on any atom is -0.378 e. The highest BCUT2D eigenvalue weighted by atomic mass is 79.9. The number of nitrogens with one attached hydrogen (secondary N) is 1. The second kappa shape index (κ2) is 6.92. The molecular formula is C16H13BrN2O2S2. The predicted octanol–water partition coefficient (Wildman–Crippen LogP) is 3.63. The Labute approximate surface area is 150 Å². The van der Waals surface area contributed by atoms with Gasteiger partial charge in [-0.05, 0) is 50.3 Å². The third-order valence-corrected chi connectivity index (χ3v) is 5.54. The Bertz CT molecular complexity index is 754. The summed E-state index contributed by atoms with van der Waals surface area (Å²) >= 11 is 6.27. The summed E-state index contributed by atoms with van der Waals surface area (Å²) in [4.78, 5) is 17.1. The number of carbonyl (C=O) groups excluding carboxylic acids is 1. The van der Waals surface area contributed by atoms with Crippen molar-refractivity contribution in [2.75, 3.05) is 6.54 Å². The maximum absolute atomic E-state index is 12.3. The highest BCUT2D eigenvalue weighted by molar-refractivity contribution is 9.10. The van der Waals surface area contributed by atoms with Crippen molar-refractivity contribution in [2.24, 2.45) is 0 Å². The van der Waals surface area contributed by atoms with E-state index in [9.17, 15) is 9.90 Å². The third kappa shape index (κ3) is 3.53. The molecule has 2 N–H and O–H groups in total. The molecule has 0 fully saturated rings. The second-order valence-electron chi connectivity index (χ2n) is 4.92. The first-order chi connectivity index (χ1) is 11.1. The number of pyridine rings is 1. The zero-order valence-corrected chi connectivity index (χ0v) is 15.1. The first kappa shape index (κ1) is 16.3. The van der Waals surface area contributed by atoms with Crippen LogP contribution < -0.4 is 5.32 Å². The van der Waals surface area contributed by atoms with Crippen molar-refractivity contribution < 1.29 is 9.90 Å². The molecule has 1 atom stereocenters. The summed E-state index contributed by atoms with van der Waals surface area (Å²) in [7, 11) is 0. The molecule has 0 aliphatic heterocycles. The zero-order valence-electron chi connectivity index (χ0n) is 11.9. The van der Waals surface area contributed by atoms with Gasteiger partial charge in [-0.25, -0.2) is 0 Å². The summed E-state index contributed by atoms with van der Waals surface area (Å²) < 4.78 is 0.733. The van der Waals surface area contributed by atoms with E-state index in [1.54, 1.807) is 12.3 Å². The van der Waals surface area contributed by atoms with Crippen LogP contribution in [0.3, 0.4) is 0 Å². The summed E-state index contributed by atoms with van der Waals surface area (Å²) in [6, 6.07) is 7.32. The second-order valence-corrected chi connectivity index (χ2v) is 7.57. The molecular weight excluding hydrogens is 396 g/mol. The fourth-order valence-corrected chi connectivity index (χ4v) is 4.13. The van der Waals surface area contributed by atoms with Crippen molar-refractivity contribution >= 4 is 44.5 Å². The summed E-state index contributed by atoms with van der Waals surface area (Å²) in [6.45, 7) is 0.0929. The molecule has 0 saturated carbocycles. The summed E-state index contributed by atoms with van der Waals surface area (Å²) in [5, 5.41) is 19.7. The van der Waals surface area contributed by atoms with Gasteiger partial charge in [0, 0.05) is 27.3 Å². The van der Waals surface area contributed by atoms with Crippen LogP contribution in [-0.4, -0.2) is 22.5 Å². The summed E-state index contributed by atoms with van der Waals surface area (Å²) in [5.74, 6) is -0.274. The van der Waals surface area contributed by atoms with E-state index in [-0.39, 0.29) is 12.5 Å². The Kier molecular flexibility index (Phi) is 4.91. The van der Waals surface area contributed by atoms with Gasteiger partial charge in [0.1, 0.15) is 5.60 Å². The highest BCUT2D eigenvalue weighted by Crippen LogP contribution is 2.33. The lowest BCUT2D eigenvalue weighted by Gasteiger charge is -2.27. The van der Waals surface area contributed by atoms with Crippen molar-refractivity contribution in [1.82, 2.24) is 10.3 Å². The first-order valence-electron chi connectivity index (χ1n) is 6.77. The molecule has 1 amide bonds. The molecule has 0 saturated heterocycles. The normalized spacial score (nSPS) is 13.5. The zero-order chi connectivity index (χ0) is 16.3. The van der Waals surface area contributed by atoms with Crippen LogP contribution in [0, 0.1) is 0 Å². The molecule has 4 nitrogen and oxygen atoms in total. The number of thiophene rings is 2. The lowest BCUT2D eigenvalue weighted by atomic mass is 9.94. The molecule has 0 radical (unpaired) electrons. The van der Waals surface area contributed by atoms with Gasteiger partial charge in [-0.3, -0.25) is 9.78 Å². The molecule has 0 aliphatic carbocycles. The van der Waals surface area contributed by atoms with E-state index in [0.29, 0.717) is 5.56 Å². The molecule has 3 aromatic heterocycles. The summed E-state index contributed by atoms with van der Waals surface area (Å²) in [5.41, 5.74) is -0.0145. The molecule has 3 aromatic rings. The number of rotatable bonds is 5. The van der Waals surface area contributed by atoms with E-state index in [0.717, 1.165) is 14.9 Å².